The van der Waals surface area contributed by atoms with Crippen molar-refractivity contribution in [2.24, 2.45) is 0 Å². The van der Waals surface area contributed by atoms with E-state index in [9.17, 15) is 17.6 Å². The first-order valence-electron chi connectivity index (χ1n) is 2.74. The molecular weight excluding hydrogens is 152 g/mol. The molecule has 10 heavy (non-hydrogen) atoms. The molecular formula is C5H8F4O. The van der Waals surface area contributed by atoms with Gasteiger partial charge < -0.3 is 5.11 Å². The molecule has 0 aliphatic rings. The summed E-state index contributed by atoms with van der Waals surface area (Å²) < 4.78 is 47.9. The second kappa shape index (κ2) is 2.74. The standard InChI is InChI=1S/C5H8F4O/c1-2-4(6,7)5(8,9)3-10/h10H,2-3H2,1H3. The van der Waals surface area contributed by atoms with Crippen molar-refractivity contribution in [3.63, 3.8) is 0 Å². The van der Waals surface area contributed by atoms with Gasteiger partial charge in [-0.2, -0.15) is 17.6 Å². The summed E-state index contributed by atoms with van der Waals surface area (Å²) in [6.07, 6.45) is -0.972. The minimum absolute atomic E-state index is 0.934. The molecule has 0 aromatic rings. The fourth-order valence-electron chi connectivity index (χ4n) is 0.374. The highest BCUT2D eigenvalue weighted by Crippen LogP contribution is 2.35. The first-order valence-corrected chi connectivity index (χ1v) is 2.74. The van der Waals surface area contributed by atoms with E-state index in [4.69, 9.17) is 5.11 Å². The van der Waals surface area contributed by atoms with E-state index in [-0.39, 0.29) is 0 Å². The van der Waals surface area contributed by atoms with Crippen molar-refractivity contribution in [1.29, 1.82) is 0 Å². The maximum Gasteiger partial charge on any atom is 0.332 e. The van der Waals surface area contributed by atoms with E-state index in [1.807, 2.05) is 0 Å². The van der Waals surface area contributed by atoms with Crippen molar-refractivity contribution >= 4 is 0 Å². The summed E-state index contributed by atoms with van der Waals surface area (Å²) in [5, 5.41) is 7.83. The van der Waals surface area contributed by atoms with Crippen molar-refractivity contribution in [2.45, 2.75) is 25.2 Å². The summed E-state index contributed by atoms with van der Waals surface area (Å²) in [5.41, 5.74) is 0. The molecule has 0 aliphatic heterocycles. The Morgan fingerprint density at radius 1 is 1.10 bits per heavy atom. The molecule has 0 bridgehead atoms. The number of halogens is 4. The topological polar surface area (TPSA) is 20.2 Å². The van der Waals surface area contributed by atoms with Crippen LogP contribution >= 0.6 is 0 Å². The Hall–Kier alpha value is -0.320. The Kier molecular flexibility index (Phi) is 2.65. The van der Waals surface area contributed by atoms with Gasteiger partial charge in [-0.1, -0.05) is 6.92 Å². The highest BCUT2D eigenvalue weighted by atomic mass is 19.3. The summed E-state index contributed by atoms with van der Waals surface area (Å²) >= 11 is 0. The van der Waals surface area contributed by atoms with Gasteiger partial charge in [0.05, 0.1) is 0 Å². The average Bonchev–Trinajstić information content (AvgIpc) is 1.88. The molecule has 0 saturated heterocycles. The van der Waals surface area contributed by atoms with Crippen LogP contribution in [0.25, 0.3) is 0 Å². The van der Waals surface area contributed by atoms with Crippen LogP contribution in [0.1, 0.15) is 13.3 Å². The molecule has 1 nitrogen and oxygen atoms in total. The van der Waals surface area contributed by atoms with Crippen LogP contribution in [0.4, 0.5) is 17.6 Å². The number of hydrogen-bond donors (Lipinski definition) is 1. The van der Waals surface area contributed by atoms with Crippen molar-refractivity contribution in [3.8, 4) is 0 Å². The van der Waals surface area contributed by atoms with Crippen LogP contribution in [-0.2, 0) is 0 Å². The van der Waals surface area contributed by atoms with E-state index in [0.717, 1.165) is 6.92 Å². The van der Waals surface area contributed by atoms with Gasteiger partial charge in [0.15, 0.2) is 0 Å². The Bertz CT molecular complexity index is 98.2. The van der Waals surface area contributed by atoms with Gasteiger partial charge in [-0.05, 0) is 0 Å². The lowest BCUT2D eigenvalue weighted by Crippen LogP contribution is -2.42. The van der Waals surface area contributed by atoms with Gasteiger partial charge in [0, 0.05) is 6.42 Å². The zero-order valence-corrected chi connectivity index (χ0v) is 5.37. The molecule has 5 heteroatoms. The second-order valence-electron chi connectivity index (χ2n) is 1.92. The van der Waals surface area contributed by atoms with Crippen molar-refractivity contribution in [1.82, 2.24) is 0 Å². The maximum absolute atomic E-state index is 12.0. The van der Waals surface area contributed by atoms with E-state index in [1.165, 1.54) is 0 Å². The summed E-state index contributed by atoms with van der Waals surface area (Å²) in [7, 11) is 0. The lowest BCUT2D eigenvalue weighted by molar-refractivity contribution is -0.225. The highest BCUT2D eigenvalue weighted by Gasteiger charge is 2.53. The van der Waals surface area contributed by atoms with Gasteiger partial charge in [-0.15, -0.1) is 0 Å². The van der Waals surface area contributed by atoms with Crippen LogP contribution < -0.4 is 0 Å². The summed E-state index contributed by atoms with van der Waals surface area (Å²) in [6, 6.07) is 0. The molecule has 0 rings (SSSR count). The average molecular weight is 160 g/mol. The molecule has 0 saturated carbocycles. The summed E-state index contributed by atoms with van der Waals surface area (Å²) in [5.74, 6) is -8.39. The third kappa shape index (κ3) is 1.59. The minimum atomic E-state index is -4.29. The van der Waals surface area contributed by atoms with Crippen LogP contribution in [0.2, 0.25) is 0 Å². The van der Waals surface area contributed by atoms with Crippen LogP contribution in [-0.4, -0.2) is 23.6 Å². The predicted octanol–water partition coefficient (Wildman–Crippen LogP) is 1.66. The lowest BCUT2D eigenvalue weighted by atomic mass is 10.1. The molecule has 62 valence electrons. The first-order chi connectivity index (χ1) is 4.37. The van der Waals surface area contributed by atoms with Crippen LogP contribution in [0.15, 0.2) is 0 Å². The Morgan fingerprint density at radius 3 is 1.60 bits per heavy atom. The monoisotopic (exact) mass is 160 g/mol. The zero-order valence-electron chi connectivity index (χ0n) is 5.37. The van der Waals surface area contributed by atoms with Crippen LogP contribution in [0.3, 0.4) is 0 Å². The van der Waals surface area contributed by atoms with Gasteiger partial charge in [-0.3, -0.25) is 0 Å². The predicted molar refractivity (Wildman–Crippen MR) is 27.3 cm³/mol. The molecule has 0 fully saturated rings. The Morgan fingerprint density at radius 2 is 1.50 bits per heavy atom. The molecule has 0 spiro atoms. The largest absolute Gasteiger partial charge is 0.390 e. The first kappa shape index (κ1) is 9.68. The van der Waals surface area contributed by atoms with Gasteiger partial charge in [0.25, 0.3) is 0 Å². The van der Waals surface area contributed by atoms with E-state index < -0.39 is 24.9 Å². The molecule has 0 aromatic heterocycles. The molecule has 0 unspecified atom stereocenters. The highest BCUT2D eigenvalue weighted by molar-refractivity contribution is 4.82. The number of rotatable bonds is 3. The molecule has 0 radical (unpaired) electrons. The fourth-order valence-corrected chi connectivity index (χ4v) is 0.374. The molecule has 0 atom stereocenters. The molecule has 0 heterocycles. The fraction of sp³-hybridized carbons (Fsp3) is 1.00. The van der Waals surface area contributed by atoms with Crippen molar-refractivity contribution < 1.29 is 22.7 Å². The molecule has 0 amide bonds. The minimum Gasteiger partial charge on any atom is -0.390 e. The quantitative estimate of drug-likeness (QED) is 0.622. The Labute approximate surface area is 55.7 Å². The smallest absolute Gasteiger partial charge is 0.332 e. The summed E-state index contributed by atoms with van der Waals surface area (Å²) in [6.45, 7) is -0.878. The number of hydrogen-bond acceptors (Lipinski definition) is 1. The number of aliphatic hydroxyl groups is 1. The Balaban J connectivity index is 4.28. The summed E-state index contributed by atoms with van der Waals surface area (Å²) in [4.78, 5) is 0. The van der Waals surface area contributed by atoms with Crippen molar-refractivity contribution in [3.05, 3.63) is 0 Å². The van der Waals surface area contributed by atoms with E-state index in [2.05, 4.69) is 0 Å². The number of alkyl halides is 4. The third-order valence-electron chi connectivity index (χ3n) is 1.18. The second-order valence-corrected chi connectivity index (χ2v) is 1.92. The maximum atomic E-state index is 12.0. The van der Waals surface area contributed by atoms with E-state index in [1.54, 1.807) is 0 Å². The molecule has 0 aliphatic carbocycles. The normalized spacial score (nSPS) is 13.8. The van der Waals surface area contributed by atoms with Gasteiger partial charge in [0.1, 0.15) is 6.61 Å². The van der Waals surface area contributed by atoms with Gasteiger partial charge in [-0.25, -0.2) is 0 Å². The third-order valence-corrected chi connectivity index (χ3v) is 1.18. The van der Waals surface area contributed by atoms with Gasteiger partial charge >= 0.3 is 11.8 Å². The van der Waals surface area contributed by atoms with Crippen molar-refractivity contribution in [2.75, 3.05) is 6.61 Å². The van der Waals surface area contributed by atoms with E-state index >= 15 is 0 Å². The zero-order chi connectivity index (χ0) is 8.41. The van der Waals surface area contributed by atoms with E-state index in [0.29, 0.717) is 0 Å². The SMILES string of the molecule is CCC(F)(F)C(F)(F)CO. The molecule has 0 aromatic carbocycles. The molecule has 1 N–H and O–H groups in total. The van der Waals surface area contributed by atoms with Gasteiger partial charge in [0.2, 0.25) is 0 Å². The lowest BCUT2D eigenvalue weighted by Gasteiger charge is -2.22. The van der Waals surface area contributed by atoms with Crippen LogP contribution in [0, 0.1) is 0 Å². The number of aliphatic hydroxyl groups excluding tert-OH is 1. The van der Waals surface area contributed by atoms with Crippen LogP contribution in [0.5, 0.6) is 0 Å².